The van der Waals surface area contributed by atoms with Crippen molar-refractivity contribution in [3.05, 3.63) is 46.7 Å². The Hall–Kier alpha value is -1.69. The van der Waals surface area contributed by atoms with E-state index in [1.54, 1.807) is 24.3 Å². The second-order valence-corrected chi connectivity index (χ2v) is 5.42. The molecule has 0 amide bonds. The minimum absolute atomic E-state index is 0.104. The molecule has 1 heterocycles. The molecule has 0 N–H and O–H groups in total. The minimum atomic E-state index is -3.18. The number of rotatable bonds is 3. The lowest BCUT2D eigenvalue weighted by molar-refractivity contribution is 0.602. The van der Waals surface area contributed by atoms with E-state index in [0.29, 0.717) is 5.69 Å². The molecule has 0 bridgehead atoms. The van der Waals surface area contributed by atoms with Gasteiger partial charge in [-0.25, -0.2) is 13.4 Å². The highest BCUT2D eigenvalue weighted by molar-refractivity contribution is 7.94. The van der Waals surface area contributed by atoms with Crippen LogP contribution in [0.15, 0.2) is 47.1 Å². The van der Waals surface area contributed by atoms with Gasteiger partial charge in [-0.15, -0.1) is 4.91 Å². The van der Waals surface area contributed by atoms with Gasteiger partial charge in [0, 0.05) is 5.41 Å². The van der Waals surface area contributed by atoms with Crippen LogP contribution in [0.25, 0.3) is 0 Å². The molecule has 6 heteroatoms. The lowest BCUT2D eigenvalue weighted by Crippen LogP contribution is -2.31. The van der Waals surface area contributed by atoms with E-state index >= 15 is 0 Å². The third-order valence-electron chi connectivity index (χ3n) is 2.33. The van der Waals surface area contributed by atoms with E-state index in [1.807, 2.05) is 6.07 Å². The zero-order chi connectivity index (χ0) is 11.6. The van der Waals surface area contributed by atoms with Crippen LogP contribution in [0.4, 0.5) is 5.69 Å². The molecule has 0 saturated carbocycles. The summed E-state index contributed by atoms with van der Waals surface area (Å²) in [4.78, 5) is 10.8. The fraction of sp³-hybridized carbons (Fsp3) is 0.200. The van der Waals surface area contributed by atoms with Gasteiger partial charge in [-0.2, -0.15) is 0 Å². The summed E-state index contributed by atoms with van der Waals surface area (Å²) in [7, 11) is -3.18. The van der Waals surface area contributed by atoms with E-state index in [2.05, 4.69) is 5.29 Å². The molecular formula is C10H10N2O3S. The Labute approximate surface area is 93.2 Å². The molecule has 0 fully saturated rings. The van der Waals surface area contributed by atoms with Crippen LogP contribution < -0.4 is 5.01 Å². The van der Waals surface area contributed by atoms with Crippen LogP contribution in [0.5, 0.6) is 0 Å². The summed E-state index contributed by atoms with van der Waals surface area (Å²) in [6, 6.07) is 8.25. The fourth-order valence-corrected chi connectivity index (χ4v) is 2.85. The van der Waals surface area contributed by atoms with Crippen LogP contribution in [0, 0.1) is 4.91 Å². The summed E-state index contributed by atoms with van der Waals surface area (Å²) >= 11 is 0. The Bertz CT molecular complexity index is 510. The van der Waals surface area contributed by atoms with Gasteiger partial charge >= 0.3 is 0 Å². The molecule has 16 heavy (non-hydrogen) atoms. The van der Waals surface area contributed by atoms with Crippen molar-refractivity contribution in [2.45, 2.75) is 6.04 Å². The SMILES string of the molecule is O=NN(c1ccccc1)C1C=CS(=O)(=O)C1. The van der Waals surface area contributed by atoms with Crippen molar-refractivity contribution in [1.82, 2.24) is 0 Å². The average Bonchev–Trinajstić information content (AvgIpc) is 2.62. The maximum atomic E-state index is 11.2. The van der Waals surface area contributed by atoms with Crippen LogP contribution >= 0.6 is 0 Å². The summed E-state index contributed by atoms with van der Waals surface area (Å²) in [6.07, 6.45) is 1.48. The number of nitrogens with zero attached hydrogens (tertiary/aromatic N) is 2. The number of nitroso groups, excluding NO2 is 1. The predicted octanol–water partition coefficient (Wildman–Crippen LogP) is 1.49. The monoisotopic (exact) mass is 238 g/mol. The van der Waals surface area contributed by atoms with E-state index in [9.17, 15) is 13.3 Å². The van der Waals surface area contributed by atoms with Crippen LogP contribution in [0.2, 0.25) is 0 Å². The highest BCUT2D eigenvalue weighted by atomic mass is 32.2. The quantitative estimate of drug-likeness (QED) is 0.591. The maximum absolute atomic E-state index is 11.2. The van der Waals surface area contributed by atoms with Crippen molar-refractivity contribution in [2.24, 2.45) is 5.29 Å². The van der Waals surface area contributed by atoms with Crippen LogP contribution in [0.3, 0.4) is 0 Å². The van der Waals surface area contributed by atoms with Crippen LogP contribution in [0.1, 0.15) is 0 Å². The minimum Gasteiger partial charge on any atom is -0.224 e. The van der Waals surface area contributed by atoms with Gasteiger partial charge in [-0.3, -0.25) is 0 Å². The lowest BCUT2D eigenvalue weighted by atomic mass is 10.2. The second kappa shape index (κ2) is 4.05. The van der Waals surface area contributed by atoms with E-state index < -0.39 is 15.9 Å². The maximum Gasteiger partial charge on any atom is 0.173 e. The van der Waals surface area contributed by atoms with Crippen molar-refractivity contribution in [3.63, 3.8) is 0 Å². The van der Waals surface area contributed by atoms with Gasteiger partial charge in [-0.1, -0.05) is 18.2 Å². The molecule has 1 atom stereocenters. The zero-order valence-corrected chi connectivity index (χ0v) is 9.17. The molecule has 84 valence electrons. The van der Waals surface area contributed by atoms with Crippen LogP contribution in [-0.2, 0) is 9.84 Å². The van der Waals surface area contributed by atoms with Crippen molar-refractivity contribution < 1.29 is 8.42 Å². The van der Waals surface area contributed by atoms with E-state index in [1.165, 1.54) is 11.1 Å². The zero-order valence-electron chi connectivity index (χ0n) is 8.35. The molecular weight excluding hydrogens is 228 g/mol. The molecule has 0 aliphatic carbocycles. The number of anilines is 1. The average molecular weight is 238 g/mol. The summed E-state index contributed by atoms with van der Waals surface area (Å²) in [5.74, 6) is -0.104. The second-order valence-electron chi connectivity index (χ2n) is 3.49. The molecule has 1 aromatic rings. The smallest absolute Gasteiger partial charge is 0.173 e. The van der Waals surface area contributed by atoms with Gasteiger partial charge < -0.3 is 0 Å². The molecule has 1 aliphatic heterocycles. The highest BCUT2D eigenvalue weighted by Crippen LogP contribution is 2.22. The Morgan fingerprint density at radius 2 is 1.94 bits per heavy atom. The van der Waals surface area contributed by atoms with E-state index in [-0.39, 0.29) is 5.75 Å². The number of hydrogen-bond acceptors (Lipinski definition) is 4. The first-order valence-corrected chi connectivity index (χ1v) is 6.42. The van der Waals surface area contributed by atoms with E-state index in [4.69, 9.17) is 0 Å². The van der Waals surface area contributed by atoms with Crippen LogP contribution in [-0.4, -0.2) is 20.2 Å². The first kappa shape index (κ1) is 10.8. The summed E-state index contributed by atoms with van der Waals surface area (Å²) in [5, 5.41) is 5.16. The molecule has 0 radical (unpaired) electrons. The van der Waals surface area contributed by atoms with Crippen molar-refractivity contribution in [2.75, 3.05) is 10.8 Å². The Morgan fingerprint density at radius 3 is 2.44 bits per heavy atom. The van der Waals surface area contributed by atoms with Gasteiger partial charge in [0.2, 0.25) is 0 Å². The van der Waals surface area contributed by atoms with Crippen molar-refractivity contribution in [3.8, 4) is 0 Å². The first-order chi connectivity index (χ1) is 7.62. The number of para-hydroxylation sites is 1. The molecule has 2 rings (SSSR count). The summed E-state index contributed by atoms with van der Waals surface area (Å²) in [5.41, 5.74) is 0.587. The third kappa shape index (κ3) is 2.11. The number of sulfone groups is 1. The largest absolute Gasteiger partial charge is 0.224 e. The molecule has 0 spiro atoms. The summed E-state index contributed by atoms with van der Waals surface area (Å²) in [6.45, 7) is 0. The Morgan fingerprint density at radius 1 is 1.25 bits per heavy atom. The Balaban J connectivity index is 2.26. The van der Waals surface area contributed by atoms with Gasteiger partial charge in [0.25, 0.3) is 0 Å². The molecule has 0 saturated heterocycles. The third-order valence-corrected chi connectivity index (χ3v) is 3.71. The first-order valence-electron chi connectivity index (χ1n) is 4.71. The molecule has 5 nitrogen and oxygen atoms in total. The normalized spacial score (nSPS) is 21.9. The number of benzene rings is 1. The van der Waals surface area contributed by atoms with E-state index in [0.717, 1.165) is 5.41 Å². The van der Waals surface area contributed by atoms with Crippen molar-refractivity contribution in [1.29, 1.82) is 0 Å². The number of hydrogen-bond donors (Lipinski definition) is 0. The van der Waals surface area contributed by atoms with Crippen molar-refractivity contribution >= 4 is 15.5 Å². The van der Waals surface area contributed by atoms with Gasteiger partial charge in [0.15, 0.2) is 9.84 Å². The highest BCUT2D eigenvalue weighted by Gasteiger charge is 2.28. The topological polar surface area (TPSA) is 66.8 Å². The molecule has 1 aliphatic rings. The van der Waals surface area contributed by atoms with Gasteiger partial charge in [-0.05, 0) is 18.2 Å². The molecule has 1 unspecified atom stereocenters. The standard InChI is InChI=1S/C10H10N2O3S/c13-11-12(9-4-2-1-3-5-9)10-6-7-16(14,15)8-10/h1-7,10H,8H2. The predicted molar refractivity (Wildman–Crippen MR) is 61.4 cm³/mol. The Kier molecular flexibility index (Phi) is 2.74. The fourth-order valence-electron chi connectivity index (χ4n) is 1.59. The molecule has 0 aromatic heterocycles. The lowest BCUT2D eigenvalue weighted by Gasteiger charge is -2.19. The van der Waals surface area contributed by atoms with Gasteiger partial charge in [0.05, 0.1) is 22.8 Å². The van der Waals surface area contributed by atoms with Gasteiger partial charge in [0.1, 0.15) is 0 Å². The summed E-state index contributed by atoms with van der Waals surface area (Å²) < 4.78 is 22.5. The molecule has 1 aromatic carbocycles.